The maximum atomic E-state index is 12.2. The van der Waals surface area contributed by atoms with Crippen molar-refractivity contribution in [1.29, 1.82) is 0 Å². The lowest BCUT2D eigenvalue weighted by atomic mass is 10.2. The molecule has 8 nitrogen and oxygen atoms in total. The van der Waals surface area contributed by atoms with Crippen molar-refractivity contribution in [2.24, 2.45) is 0 Å². The molecule has 0 fully saturated rings. The van der Waals surface area contributed by atoms with Gasteiger partial charge in [0.25, 0.3) is 5.56 Å². The third-order valence-electron chi connectivity index (χ3n) is 3.72. The van der Waals surface area contributed by atoms with Crippen molar-refractivity contribution in [2.45, 2.75) is 6.54 Å². The van der Waals surface area contributed by atoms with Crippen molar-refractivity contribution in [3.63, 3.8) is 0 Å². The number of nitrogens with zero attached hydrogens (tertiary/aromatic N) is 4. The van der Waals surface area contributed by atoms with Gasteiger partial charge >= 0.3 is 0 Å². The van der Waals surface area contributed by atoms with Gasteiger partial charge in [0.15, 0.2) is 16.9 Å². The standard InChI is InChI=1S/C17H15N7O/c25-17-15-14(19-23-24(15)11-12-7-3-1-4-8-12)16(21-22-17)20-18-13-9-5-2-6-10-13/h1-10,18H,11H2,(H,20,21)(H,22,25). The number of aromatic amines is 1. The summed E-state index contributed by atoms with van der Waals surface area (Å²) in [4.78, 5) is 12.2. The second-order valence-electron chi connectivity index (χ2n) is 5.45. The van der Waals surface area contributed by atoms with Gasteiger partial charge in [-0.3, -0.25) is 15.6 Å². The molecule has 0 amide bonds. The Morgan fingerprint density at radius 1 is 0.960 bits per heavy atom. The van der Waals surface area contributed by atoms with Crippen LogP contribution >= 0.6 is 0 Å². The molecular weight excluding hydrogens is 318 g/mol. The van der Waals surface area contributed by atoms with Crippen LogP contribution < -0.4 is 16.4 Å². The zero-order valence-electron chi connectivity index (χ0n) is 13.2. The highest BCUT2D eigenvalue weighted by molar-refractivity contribution is 5.84. The molecule has 0 aliphatic carbocycles. The molecule has 8 heteroatoms. The average Bonchev–Trinajstić information content (AvgIpc) is 3.08. The number of anilines is 2. The van der Waals surface area contributed by atoms with Crippen molar-refractivity contribution in [2.75, 3.05) is 10.9 Å². The Labute approximate surface area is 142 Å². The Kier molecular flexibility index (Phi) is 3.83. The van der Waals surface area contributed by atoms with Gasteiger partial charge in [0.1, 0.15) is 0 Å². The number of hydrazine groups is 1. The molecule has 2 aromatic heterocycles. The summed E-state index contributed by atoms with van der Waals surface area (Å²) in [6.45, 7) is 0.454. The summed E-state index contributed by atoms with van der Waals surface area (Å²) in [5, 5.41) is 14.7. The van der Waals surface area contributed by atoms with E-state index in [0.29, 0.717) is 23.4 Å². The van der Waals surface area contributed by atoms with Gasteiger partial charge in [-0.25, -0.2) is 9.78 Å². The van der Waals surface area contributed by atoms with Gasteiger partial charge in [-0.05, 0) is 17.7 Å². The maximum absolute atomic E-state index is 12.2. The summed E-state index contributed by atoms with van der Waals surface area (Å²) in [5.74, 6) is 0.401. The lowest BCUT2D eigenvalue weighted by Crippen LogP contribution is -2.17. The predicted molar refractivity (Wildman–Crippen MR) is 95.2 cm³/mol. The maximum Gasteiger partial charge on any atom is 0.292 e. The highest BCUT2D eigenvalue weighted by Gasteiger charge is 2.14. The molecule has 25 heavy (non-hydrogen) atoms. The summed E-state index contributed by atoms with van der Waals surface area (Å²) in [6.07, 6.45) is 0. The fraction of sp³-hybridized carbons (Fsp3) is 0.0588. The van der Waals surface area contributed by atoms with E-state index in [1.807, 2.05) is 60.7 Å². The van der Waals surface area contributed by atoms with Crippen molar-refractivity contribution >= 4 is 22.5 Å². The topological polar surface area (TPSA) is 101 Å². The van der Waals surface area contributed by atoms with E-state index < -0.39 is 0 Å². The van der Waals surface area contributed by atoms with E-state index in [1.54, 1.807) is 4.68 Å². The zero-order valence-corrected chi connectivity index (χ0v) is 13.2. The molecule has 0 bridgehead atoms. The SMILES string of the molecule is O=c1[nH]nc(NNc2ccccc2)c2nnn(Cc3ccccc3)c12. The van der Waals surface area contributed by atoms with Crippen molar-refractivity contribution in [3.05, 3.63) is 76.6 Å². The molecule has 4 rings (SSSR count). The summed E-state index contributed by atoms with van der Waals surface area (Å²) >= 11 is 0. The van der Waals surface area contributed by atoms with Crippen LogP contribution in [0.2, 0.25) is 0 Å². The normalized spacial score (nSPS) is 10.7. The minimum Gasteiger partial charge on any atom is -0.300 e. The Balaban J connectivity index is 1.66. The smallest absolute Gasteiger partial charge is 0.292 e. The first-order valence-corrected chi connectivity index (χ1v) is 7.74. The van der Waals surface area contributed by atoms with Gasteiger partial charge in [-0.15, -0.1) is 5.10 Å². The molecule has 2 heterocycles. The number of fused-ring (bicyclic) bond motifs is 1. The minimum absolute atomic E-state index is 0.332. The molecule has 0 saturated heterocycles. The highest BCUT2D eigenvalue weighted by Crippen LogP contribution is 2.16. The number of rotatable bonds is 5. The van der Waals surface area contributed by atoms with Crippen LogP contribution in [-0.4, -0.2) is 25.2 Å². The van der Waals surface area contributed by atoms with Gasteiger partial charge in [0.05, 0.1) is 12.2 Å². The molecule has 0 aliphatic rings. The summed E-state index contributed by atoms with van der Waals surface area (Å²) < 4.78 is 1.57. The summed E-state index contributed by atoms with van der Waals surface area (Å²) in [5.41, 5.74) is 8.32. The van der Waals surface area contributed by atoms with E-state index in [2.05, 4.69) is 31.4 Å². The van der Waals surface area contributed by atoms with Crippen LogP contribution in [0.1, 0.15) is 5.56 Å². The molecule has 2 aromatic carbocycles. The van der Waals surface area contributed by atoms with E-state index in [-0.39, 0.29) is 5.56 Å². The van der Waals surface area contributed by atoms with E-state index in [1.165, 1.54) is 0 Å². The van der Waals surface area contributed by atoms with Gasteiger partial charge in [0.2, 0.25) is 0 Å². The van der Waals surface area contributed by atoms with Gasteiger partial charge < -0.3 is 0 Å². The fourth-order valence-electron chi connectivity index (χ4n) is 2.52. The second kappa shape index (κ2) is 6.44. The van der Waals surface area contributed by atoms with Crippen molar-refractivity contribution in [3.8, 4) is 0 Å². The predicted octanol–water partition coefficient (Wildman–Crippen LogP) is 2.00. The lowest BCUT2D eigenvalue weighted by Gasteiger charge is -2.08. The van der Waals surface area contributed by atoms with Gasteiger partial charge in [-0.1, -0.05) is 53.7 Å². The molecular formula is C17H15N7O. The third-order valence-corrected chi connectivity index (χ3v) is 3.72. The third kappa shape index (κ3) is 3.05. The van der Waals surface area contributed by atoms with E-state index in [4.69, 9.17) is 0 Å². The van der Waals surface area contributed by atoms with Gasteiger partial charge in [-0.2, -0.15) is 5.10 Å². The molecule has 4 aromatic rings. The molecule has 0 saturated carbocycles. The molecule has 124 valence electrons. The summed E-state index contributed by atoms with van der Waals surface area (Å²) in [6, 6.07) is 19.3. The zero-order chi connectivity index (χ0) is 17.1. The van der Waals surface area contributed by atoms with Crippen LogP contribution in [0.25, 0.3) is 11.0 Å². The van der Waals surface area contributed by atoms with Crippen molar-refractivity contribution in [1.82, 2.24) is 25.2 Å². The van der Waals surface area contributed by atoms with E-state index in [0.717, 1.165) is 11.3 Å². The molecule has 0 atom stereocenters. The monoisotopic (exact) mass is 333 g/mol. The van der Waals surface area contributed by atoms with Crippen LogP contribution in [0, 0.1) is 0 Å². The number of H-pyrrole nitrogens is 1. The average molecular weight is 333 g/mol. The van der Waals surface area contributed by atoms with Crippen LogP contribution in [-0.2, 0) is 6.54 Å². The highest BCUT2D eigenvalue weighted by atomic mass is 16.1. The minimum atomic E-state index is -0.332. The molecule has 0 aliphatic heterocycles. The first-order valence-electron chi connectivity index (χ1n) is 7.74. The Morgan fingerprint density at radius 2 is 1.68 bits per heavy atom. The number of hydrogen-bond donors (Lipinski definition) is 3. The fourth-order valence-corrected chi connectivity index (χ4v) is 2.52. The van der Waals surface area contributed by atoms with Crippen LogP contribution in [0.3, 0.4) is 0 Å². The first-order chi connectivity index (χ1) is 12.3. The van der Waals surface area contributed by atoms with E-state index in [9.17, 15) is 4.79 Å². The lowest BCUT2D eigenvalue weighted by molar-refractivity contribution is 0.667. The Morgan fingerprint density at radius 3 is 2.44 bits per heavy atom. The number of benzene rings is 2. The van der Waals surface area contributed by atoms with Crippen LogP contribution in [0.5, 0.6) is 0 Å². The molecule has 0 unspecified atom stereocenters. The molecule has 0 spiro atoms. The largest absolute Gasteiger partial charge is 0.300 e. The Bertz CT molecular complexity index is 1040. The number of hydrogen-bond acceptors (Lipinski definition) is 6. The Hall–Kier alpha value is -3.68. The van der Waals surface area contributed by atoms with Crippen LogP contribution in [0.15, 0.2) is 65.5 Å². The number of nitrogens with one attached hydrogen (secondary N) is 3. The number of para-hydroxylation sites is 1. The van der Waals surface area contributed by atoms with Crippen molar-refractivity contribution < 1.29 is 0 Å². The first kappa shape index (κ1) is 14.9. The molecule has 3 N–H and O–H groups in total. The quantitative estimate of drug-likeness (QED) is 0.483. The second-order valence-corrected chi connectivity index (χ2v) is 5.45. The van der Waals surface area contributed by atoms with Gasteiger partial charge in [0, 0.05) is 0 Å². The number of aromatic nitrogens is 5. The molecule has 0 radical (unpaired) electrons. The summed E-state index contributed by atoms with van der Waals surface area (Å²) in [7, 11) is 0. The van der Waals surface area contributed by atoms with E-state index >= 15 is 0 Å². The van der Waals surface area contributed by atoms with Crippen LogP contribution in [0.4, 0.5) is 11.5 Å².